The Hall–Kier alpha value is 0.527. The van der Waals surface area contributed by atoms with Gasteiger partial charge < -0.3 is 3.87 Å². The topological polar surface area (TPSA) is 9.23 Å². The molecule has 62 valence electrons. The highest BCUT2D eigenvalue weighted by molar-refractivity contribution is 7.94. The van der Waals surface area contributed by atoms with Crippen LogP contribution in [0.4, 0.5) is 0 Å². The fourth-order valence-electron chi connectivity index (χ4n) is 1.10. The van der Waals surface area contributed by atoms with E-state index in [-0.39, 0.29) is 0 Å². The molecule has 0 bridgehead atoms. The van der Waals surface area contributed by atoms with Crippen LogP contribution in [0.25, 0.3) is 0 Å². The highest BCUT2D eigenvalue weighted by atomic mass is 32.2. The Kier molecular flexibility index (Phi) is 5.49. The normalized spacial score (nSPS) is 12.0. The van der Waals surface area contributed by atoms with Gasteiger partial charge in [0.1, 0.15) is 0 Å². The molecule has 10 heavy (non-hydrogen) atoms. The van der Waals surface area contributed by atoms with E-state index in [0.29, 0.717) is 0 Å². The van der Waals surface area contributed by atoms with Crippen molar-refractivity contribution in [3.8, 4) is 0 Å². The summed E-state index contributed by atoms with van der Waals surface area (Å²) >= 11 is 1.54. The van der Waals surface area contributed by atoms with Crippen molar-refractivity contribution in [3.05, 3.63) is 0 Å². The summed E-state index contributed by atoms with van der Waals surface area (Å²) in [6.07, 6.45) is 2.02. The van der Waals surface area contributed by atoms with Crippen molar-refractivity contribution in [3.63, 3.8) is 0 Å². The predicted molar refractivity (Wildman–Crippen MR) is 51.8 cm³/mol. The Labute approximate surface area is 69.9 Å². The summed E-state index contributed by atoms with van der Waals surface area (Å²) in [7, 11) is -1.25. The zero-order valence-electron chi connectivity index (χ0n) is 7.44. The molecule has 0 aromatic heterocycles. The Balaban J connectivity index is 3.87. The average molecular weight is 178 g/mol. The van der Waals surface area contributed by atoms with Crippen molar-refractivity contribution < 1.29 is 3.87 Å². The van der Waals surface area contributed by atoms with Gasteiger partial charge in [0.05, 0.1) is 0 Å². The van der Waals surface area contributed by atoms with Gasteiger partial charge in [-0.1, -0.05) is 20.8 Å². The molecule has 0 atom stereocenters. The van der Waals surface area contributed by atoms with E-state index in [1.165, 1.54) is 18.1 Å². The molecule has 3 heteroatoms. The highest BCUT2D eigenvalue weighted by Gasteiger charge is 2.28. The van der Waals surface area contributed by atoms with Gasteiger partial charge in [0.25, 0.3) is 0 Å². The zero-order chi connectivity index (χ0) is 8.04. The molecule has 0 aliphatic heterocycles. The van der Waals surface area contributed by atoms with Crippen molar-refractivity contribution in [2.24, 2.45) is 0 Å². The molecule has 0 aromatic rings. The highest BCUT2D eigenvalue weighted by Crippen LogP contribution is 2.25. The van der Waals surface area contributed by atoms with Crippen LogP contribution in [0.5, 0.6) is 0 Å². The fraction of sp³-hybridized carbons (Fsp3) is 1.00. The van der Waals surface area contributed by atoms with Gasteiger partial charge in [-0.3, -0.25) is 0 Å². The molecule has 0 N–H and O–H groups in total. The molecule has 0 heterocycles. The van der Waals surface area contributed by atoms with Gasteiger partial charge in [0.2, 0.25) is 8.32 Å². The van der Waals surface area contributed by atoms with Crippen LogP contribution in [0.2, 0.25) is 18.1 Å². The lowest BCUT2D eigenvalue weighted by atomic mass is 10.9. The molecule has 1 nitrogen and oxygen atoms in total. The van der Waals surface area contributed by atoms with E-state index >= 15 is 0 Å². The van der Waals surface area contributed by atoms with Crippen molar-refractivity contribution in [2.75, 3.05) is 6.26 Å². The monoisotopic (exact) mass is 178 g/mol. The third kappa shape index (κ3) is 2.64. The summed E-state index contributed by atoms with van der Waals surface area (Å²) in [5.74, 6) is 0. The van der Waals surface area contributed by atoms with Crippen LogP contribution in [-0.2, 0) is 3.87 Å². The molecule has 0 saturated carbocycles. The number of hydrogen-bond acceptors (Lipinski definition) is 2. The van der Waals surface area contributed by atoms with Crippen molar-refractivity contribution >= 4 is 20.4 Å². The minimum absolute atomic E-state index is 1.25. The molecule has 0 amide bonds. The van der Waals surface area contributed by atoms with Crippen molar-refractivity contribution in [1.29, 1.82) is 0 Å². The molecule has 0 radical (unpaired) electrons. The van der Waals surface area contributed by atoms with E-state index in [1.807, 2.05) is 6.26 Å². The molecule has 0 unspecified atom stereocenters. The SMILES string of the molecule is CC[Si](CC)(CC)OSC. The predicted octanol–water partition coefficient (Wildman–Crippen LogP) is 3.29. The summed E-state index contributed by atoms with van der Waals surface area (Å²) in [5, 5.41) is 0. The van der Waals surface area contributed by atoms with E-state index in [0.717, 1.165) is 0 Å². The Morgan fingerprint density at radius 1 is 1.10 bits per heavy atom. The maximum Gasteiger partial charge on any atom is 0.210 e. The van der Waals surface area contributed by atoms with Crippen molar-refractivity contribution in [2.45, 2.75) is 38.9 Å². The summed E-state index contributed by atoms with van der Waals surface area (Å²) in [6, 6.07) is 3.75. The van der Waals surface area contributed by atoms with Crippen LogP contribution in [0.3, 0.4) is 0 Å². The molecule has 0 aliphatic rings. The summed E-state index contributed by atoms with van der Waals surface area (Å²) in [4.78, 5) is 0. The third-order valence-electron chi connectivity index (χ3n) is 2.19. The minimum atomic E-state index is -1.25. The zero-order valence-corrected chi connectivity index (χ0v) is 9.25. The quantitative estimate of drug-likeness (QED) is 0.472. The van der Waals surface area contributed by atoms with Crippen LogP contribution in [-0.4, -0.2) is 14.6 Å². The maximum atomic E-state index is 5.73. The van der Waals surface area contributed by atoms with E-state index in [2.05, 4.69) is 20.8 Å². The molecule has 0 saturated heterocycles. The lowest BCUT2D eigenvalue weighted by Crippen LogP contribution is -2.32. The molecule has 0 spiro atoms. The smallest absolute Gasteiger partial charge is 0.210 e. The Morgan fingerprint density at radius 3 is 1.60 bits per heavy atom. The van der Waals surface area contributed by atoms with E-state index in [1.54, 1.807) is 12.0 Å². The van der Waals surface area contributed by atoms with E-state index in [9.17, 15) is 0 Å². The molecule has 0 aliphatic carbocycles. The van der Waals surface area contributed by atoms with Gasteiger partial charge in [-0.05, 0) is 30.2 Å². The first-order chi connectivity index (χ1) is 4.74. The summed E-state index contributed by atoms with van der Waals surface area (Å²) in [6.45, 7) is 6.74. The minimum Gasteiger partial charge on any atom is -0.357 e. The van der Waals surface area contributed by atoms with Crippen molar-refractivity contribution in [1.82, 2.24) is 0 Å². The van der Waals surface area contributed by atoms with E-state index in [4.69, 9.17) is 3.87 Å². The first kappa shape index (κ1) is 10.5. The van der Waals surface area contributed by atoms with Gasteiger partial charge in [-0.15, -0.1) is 0 Å². The second kappa shape index (κ2) is 5.21. The van der Waals surface area contributed by atoms with Gasteiger partial charge >= 0.3 is 0 Å². The first-order valence-electron chi connectivity index (χ1n) is 3.96. The summed E-state index contributed by atoms with van der Waals surface area (Å²) < 4.78 is 5.73. The molecular formula is C7H18OSSi. The Morgan fingerprint density at radius 2 is 1.50 bits per heavy atom. The standard InChI is InChI=1S/C7H18OSSi/c1-5-10(6-2,7-3)8-9-4/h5-7H2,1-4H3. The fourth-order valence-corrected chi connectivity index (χ4v) is 5.43. The van der Waals surface area contributed by atoms with Crippen LogP contribution < -0.4 is 0 Å². The second-order valence-corrected chi connectivity index (χ2v) is 7.98. The Bertz CT molecular complexity index is 75.4. The van der Waals surface area contributed by atoms with Gasteiger partial charge in [0.15, 0.2) is 0 Å². The van der Waals surface area contributed by atoms with Gasteiger partial charge in [-0.2, -0.15) is 0 Å². The molecule has 0 rings (SSSR count). The largest absolute Gasteiger partial charge is 0.357 e. The van der Waals surface area contributed by atoms with Crippen LogP contribution in [0.15, 0.2) is 0 Å². The molecule has 0 fully saturated rings. The van der Waals surface area contributed by atoms with Gasteiger partial charge in [-0.25, -0.2) is 0 Å². The lowest BCUT2D eigenvalue weighted by molar-refractivity contribution is 0.619. The molecular weight excluding hydrogens is 160 g/mol. The maximum absolute atomic E-state index is 5.73. The second-order valence-electron chi connectivity index (χ2n) is 2.49. The van der Waals surface area contributed by atoms with Gasteiger partial charge in [0, 0.05) is 6.26 Å². The van der Waals surface area contributed by atoms with E-state index < -0.39 is 8.32 Å². The van der Waals surface area contributed by atoms with Crippen LogP contribution in [0.1, 0.15) is 20.8 Å². The van der Waals surface area contributed by atoms with Crippen LogP contribution in [0, 0.1) is 0 Å². The summed E-state index contributed by atoms with van der Waals surface area (Å²) in [5.41, 5.74) is 0. The van der Waals surface area contributed by atoms with Crippen LogP contribution >= 0.6 is 12.0 Å². The first-order valence-corrected chi connectivity index (χ1v) is 7.64. The lowest BCUT2D eigenvalue weighted by Gasteiger charge is -2.25. The average Bonchev–Trinajstić information content (AvgIpc) is 2.01. The third-order valence-corrected chi connectivity index (χ3v) is 8.14. The number of hydrogen-bond donors (Lipinski definition) is 0. The molecule has 0 aromatic carbocycles. The number of rotatable bonds is 5.